The third kappa shape index (κ3) is 3.84. The zero-order valence-corrected chi connectivity index (χ0v) is 12.1. The predicted octanol–water partition coefficient (Wildman–Crippen LogP) is 5.79. The first-order valence-corrected chi connectivity index (χ1v) is 8.02. The molecule has 0 N–H and O–H groups in total. The quantitative estimate of drug-likeness (QED) is 0.525. The molecule has 2 rings (SSSR count). The maximum Gasteiger partial charge on any atom is 0.0490 e. The van der Waals surface area contributed by atoms with Gasteiger partial charge in [0.1, 0.15) is 0 Å². The summed E-state index contributed by atoms with van der Waals surface area (Å²) in [6, 6.07) is 9.40. The second kappa shape index (κ2) is 7.58. The number of unbranched alkanes of at least 4 members (excludes halogenated alkanes) is 6. The summed E-state index contributed by atoms with van der Waals surface area (Å²) in [5.74, 6) is 0. The molecule has 0 amide bonds. The monoisotopic (exact) mass is 258 g/mol. The Balaban J connectivity index is 1.70. The fourth-order valence-electron chi connectivity index (χ4n) is 2.37. The number of rotatable bonds is 8. The lowest BCUT2D eigenvalue weighted by Gasteiger charge is -2.01. The number of thiophene rings is 1. The van der Waals surface area contributed by atoms with Crippen LogP contribution in [0.3, 0.4) is 0 Å². The molecule has 0 nitrogen and oxygen atoms in total. The molecule has 96 valence electrons. The van der Waals surface area contributed by atoms with Crippen molar-refractivity contribution in [2.45, 2.75) is 58.3 Å². The topological polar surface area (TPSA) is 0 Å². The van der Waals surface area contributed by atoms with Gasteiger partial charge in [-0.1, -0.05) is 57.6 Å². The summed E-state index contributed by atoms with van der Waals surface area (Å²) >= 11 is 1.73. The van der Waals surface area contributed by atoms with E-state index in [4.69, 9.17) is 0 Å². The molecular formula is C17H22S. The lowest BCUT2D eigenvalue weighted by atomic mass is 10.0. The van der Waals surface area contributed by atoms with E-state index in [1.165, 1.54) is 67.0 Å². The maximum atomic E-state index is 3.45. The van der Waals surface area contributed by atoms with Crippen LogP contribution in [-0.4, -0.2) is 0 Å². The van der Waals surface area contributed by atoms with E-state index in [-0.39, 0.29) is 0 Å². The average molecular weight is 258 g/mol. The number of fused-ring (bicyclic) bond motifs is 1. The average Bonchev–Trinajstić information content (AvgIpc) is 2.81. The van der Waals surface area contributed by atoms with Crippen molar-refractivity contribution in [3.8, 4) is 0 Å². The zero-order chi connectivity index (χ0) is 12.6. The van der Waals surface area contributed by atoms with Crippen molar-refractivity contribution in [2.75, 3.05) is 0 Å². The molecule has 0 aliphatic heterocycles. The van der Waals surface area contributed by atoms with Gasteiger partial charge in [0, 0.05) is 10.1 Å². The summed E-state index contributed by atoms with van der Waals surface area (Å²) < 4.78 is 1.33. The Morgan fingerprint density at radius 2 is 1.83 bits per heavy atom. The van der Waals surface area contributed by atoms with E-state index >= 15 is 0 Å². The molecule has 0 atom stereocenters. The van der Waals surface area contributed by atoms with Gasteiger partial charge in [-0.2, -0.15) is 0 Å². The minimum absolute atomic E-state index is 1.19. The van der Waals surface area contributed by atoms with Crippen molar-refractivity contribution in [3.63, 3.8) is 0 Å². The van der Waals surface area contributed by atoms with Crippen molar-refractivity contribution in [3.05, 3.63) is 35.2 Å². The normalized spacial score (nSPS) is 11.2. The van der Waals surface area contributed by atoms with E-state index < -0.39 is 0 Å². The van der Waals surface area contributed by atoms with E-state index in [1.807, 2.05) is 6.07 Å². The van der Waals surface area contributed by atoms with Gasteiger partial charge in [-0.25, -0.2) is 0 Å². The Morgan fingerprint density at radius 1 is 1.06 bits per heavy atom. The first-order valence-electron chi connectivity index (χ1n) is 7.21. The molecule has 0 bridgehead atoms. The molecule has 0 aliphatic rings. The lowest BCUT2D eigenvalue weighted by molar-refractivity contribution is 0.590. The van der Waals surface area contributed by atoms with Gasteiger partial charge in [0.25, 0.3) is 0 Å². The Hall–Kier alpha value is -0.820. The van der Waals surface area contributed by atoms with Gasteiger partial charge in [0.15, 0.2) is 0 Å². The summed E-state index contributed by atoms with van der Waals surface area (Å²) in [4.78, 5) is 0. The molecule has 0 saturated carbocycles. The molecule has 0 saturated heterocycles. The van der Waals surface area contributed by atoms with E-state index in [0.717, 1.165) is 0 Å². The molecule has 1 aromatic carbocycles. The number of benzene rings is 1. The standard InChI is InChI=1S/C17H22S/c1-2-3-4-5-6-7-8-11-15-14-18-17-13-10-9-12-16(15)17/h9,12-13H,2-8,11H2,1H3. The van der Waals surface area contributed by atoms with Gasteiger partial charge in [-0.05, 0) is 35.9 Å². The Bertz CT molecular complexity index is 455. The van der Waals surface area contributed by atoms with E-state index in [2.05, 4.69) is 30.5 Å². The van der Waals surface area contributed by atoms with E-state index in [0.29, 0.717) is 0 Å². The van der Waals surface area contributed by atoms with Crippen molar-refractivity contribution in [1.29, 1.82) is 0 Å². The third-order valence-corrected chi connectivity index (χ3v) is 4.37. The highest BCUT2D eigenvalue weighted by atomic mass is 32.1. The van der Waals surface area contributed by atoms with Crippen molar-refractivity contribution in [1.82, 2.24) is 0 Å². The lowest BCUT2D eigenvalue weighted by Crippen LogP contribution is -1.85. The molecule has 0 aliphatic carbocycles. The highest BCUT2D eigenvalue weighted by Crippen LogP contribution is 2.26. The van der Waals surface area contributed by atoms with Gasteiger partial charge in [-0.3, -0.25) is 0 Å². The van der Waals surface area contributed by atoms with Crippen LogP contribution in [0, 0.1) is 11.4 Å². The first kappa shape index (κ1) is 13.6. The molecule has 2 radical (unpaired) electrons. The van der Waals surface area contributed by atoms with Crippen LogP contribution in [0.25, 0.3) is 10.1 Å². The molecule has 1 heteroatoms. The third-order valence-electron chi connectivity index (χ3n) is 3.47. The van der Waals surface area contributed by atoms with E-state index in [9.17, 15) is 0 Å². The van der Waals surface area contributed by atoms with Gasteiger partial charge < -0.3 is 0 Å². The van der Waals surface area contributed by atoms with Gasteiger partial charge in [0.2, 0.25) is 0 Å². The summed E-state index contributed by atoms with van der Waals surface area (Å²) in [5, 5.41) is 4.84. The Kier molecular flexibility index (Phi) is 5.73. The van der Waals surface area contributed by atoms with Crippen LogP contribution < -0.4 is 0 Å². The van der Waals surface area contributed by atoms with Crippen LogP contribution in [0.5, 0.6) is 0 Å². The van der Waals surface area contributed by atoms with Crippen LogP contribution in [0.15, 0.2) is 18.2 Å². The second-order valence-electron chi connectivity index (χ2n) is 4.98. The second-order valence-corrected chi connectivity index (χ2v) is 5.82. The number of aryl methyl sites for hydroxylation is 1. The molecular weight excluding hydrogens is 236 g/mol. The molecule has 2 aromatic rings. The van der Waals surface area contributed by atoms with Crippen LogP contribution in [-0.2, 0) is 6.42 Å². The first-order chi connectivity index (χ1) is 8.92. The summed E-state index contributed by atoms with van der Waals surface area (Å²) in [7, 11) is 0. The number of hydrogen-bond acceptors (Lipinski definition) is 1. The van der Waals surface area contributed by atoms with Crippen LogP contribution in [0.1, 0.15) is 57.4 Å². The molecule has 0 unspecified atom stereocenters. The Morgan fingerprint density at radius 3 is 2.67 bits per heavy atom. The van der Waals surface area contributed by atoms with Gasteiger partial charge in [0.05, 0.1) is 0 Å². The van der Waals surface area contributed by atoms with Crippen molar-refractivity contribution in [2.24, 2.45) is 0 Å². The predicted molar refractivity (Wildman–Crippen MR) is 81.2 cm³/mol. The minimum Gasteiger partial charge on any atom is -0.134 e. The Labute approximate surface area is 115 Å². The maximum absolute atomic E-state index is 3.45. The fourth-order valence-corrected chi connectivity index (χ4v) is 3.24. The van der Waals surface area contributed by atoms with Gasteiger partial charge in [-0.15, -0.1) is 11.3 Å². The summed E-state index contributed by atoms with van der Waals surface area (Å²) in [6.07, 6.45) is 10.8. The van der Waals surface area contributed by atoms with Crippen LogP contribution in [0.4, 0.5) is 0 Å². The van der Waals surface area contributed by atoms with Crippen LogP contribution in [0.2, 0.25) is 0 Å². The highest BCUT2D eigenvalue weighted by molar-refractivity contribution is 7.16. The molecule has 1 heterocycles. The molecule has 0 spiro atoms. The minimum atomic E-state index is 1.19. The largest absolute Gasteiger partial charge is 0.134 e. The highest BCUT2D eigenvalue weighted by Gasteiger charge is 2.03. The summed E-state index contributed by atoms with van der Waals surface area (Å²) in [5.41, 5.74) is 1.41. The number of hydrogen-bond donors (Lipinski definition) is 0. The fraction of sp³-hybridized carbons (Fsp3) is 0.529. The molecule has 0 fully saturated rings. The van der Waals surface area contributed by atoms with Gasteiger partial charge >= 0.3 is 0 Å². The van der Waals surface area contributed by atoms with E-state index in [1.54, 1.807) is 11.3 Å². The molecule has 18 heavy (non-hydrogen) atoms. The van der Waals surface area contributed by atoms with Crippen molar-refractivity contribution >= 4 is 21.4 Å². The SMILES string of the molecule is CCCCCCCCCc1[c]sc2c[c]ccc12. The van der Waals surface area contributed by atoms with Crippen LogP contribution >= 0.6 is 11.3 Å². The smallest absolute Gasteiger partial charge is 0.0490 e. The zero-order valence-electron chi connectivity index (χ0n) is 11.3. The molecule has 1 aromatic heterocycles. The summed E-state index contributed by atoms with van der Waals surface area (Å²) in [6.45, 7) is 2.27. The van der Waals surface area contributed by atoms with Crippen molar-refractivity contribution < 1.29 is 0 Å².